The van der Waals surface area contributed by atoms with Gasteiger partial charge in [-0.2, -0.15) is 0 Å². The van der Waals surface area contributed by atoms with Crippen molar-refractivity contribution in [1.82, 2.24) is 5.32 Å². The first kappa shape index (κ1) is 21.5. The lowest BCUT2D eigenvalue weighted by molar-refractivity contribution is -0.385. The molecule has 1 saturated carbocycles. The Kier molecular flexibility index (Phi) is 8.47. The Bertz CT molecular complexity index is 609. The molecule has 0 bridgehead atoms. The number of nitrogens with one attached hydrogen (secondary N) is 1. The highest BCUT2D eigenvalue weighted by atomic mass is 35.5. The van der Waals surface area contributed by atoms with Gasteiger partial charge < -0.3 is 15.8 Å². The molecule has 1 fully saturated rings. The second-order valence-corrected chi connectivity index (χ2v) is 6.98. The molecule has 0 aromatic heterocycles. The number of nitro groups is 1. The lowest BCUT2D eigenvalue weighted by Crippen LogP contribution is -2.52. The van der Waals surface area contributed by atoms with Crippen molar-refractivity contribution >= 4 is 35.8 Å². The van der Waals surface area contributed by atoms with Crippen LogP contribution in [0.15, 0.2) is 18.2 Å². The molecule has 0 radical (unpaired) electrons. The monoisotopic (exact) mass is 389 g/mol. The van der Waals surface area contributed by atoms with E-state index in [-0.39, 0.29) is 35.3 Å². The van der Waals surface area contributed by atoms with E-state index in [2.05, 4.69) is 5.32 Å². The van der Waals surface area contributed by atoms with Crippen LogP contribution < -0.4 is 15.8 Å². The smallest absolute Gasteiger partial charge is 0.311 e. The molecular weight excluding hydrogens is 366 g/mol. The number of nitrogens with zero attached hydrogens (tertiary/aromatic N) is 1. The van der Waals surface area contributed by atoms with Crippen LogP contribution in [0.25, 0.3) is 0 Å². The molecule has 1 aliphatic rings. The minimum absolute atomic E-state index is 0. The van der Waals surface area contributed by atoms with Crippen LogP contribution in [0.1, 0.15) is 31.2 Å². The van der Waals surface area contributed by atoms with E-state index in [1.165, 1.54) is 24.9 Å². The highest BCUT2D eigenvalue weighted by Gasteiger charge is 2.33. The summed E-state index contributed by atoms with van der Waals surface area (Å²) < 4.78 is 4.98. The number of carbonyl (C=O) groups excluding carboxylic acids is 1. The Morgan fingerprint density at radius 1 is 1.44 bits per heavy atom. The molecule has 7 nitrogen and oxygen atoms in total. The van der Waals surface area contributed by atoms with Crippen molar-refractivity contribution < 1.29 is 14.5 Å². The van der Waals surface area contributed by atoms with Crippen molar-refractivity contribution in [3.63, 3.8) is 0 Å². The number of halogens is 1. The van der Waals surface area contributed by atoms with Gasteiger partial charge in [0.05, 0.1) is 23.3 Å². The second-order valence-electron chi connectivity index (χ2n) is 6.00. The summed E-state index contributed by atoms with van der Waals surface area (Å²) in [5.41, 5.74) is 6.30. The predicted octanol–water partition coefficient (Wildman–Crippen LogP) is 2.65. The Labute approximate surface area is 157 Å². The molecule has 3 N–H and O–H groups in total. The van der Waals surface area contributed by atoms with Crippen LogP contribution in [-0.4, -0.2) is 35.8 Å². The molecule has 1 aromatic carbocycles. The normalized spacial score (nSPS) is 15.3. The second kappa shape index (κ2) is 9.84. The maximum Gasteiger partial charge on any atom is 0.311 e. The van der Waals surface area contributed by atoms with Crippen molar-refractivity contribution in [2.24, 2.45) is 5.73 Å². The number of benzene rings is 1. The number of hydrogen-bond acceptors (Lipinski definition) is 6. The first-order chi connectivity index (χ1) is 11.5. The van der Waals surface area contributed by atoms with E-state index >= 15 is 0 Å². The molecule has 1 aliphatic carbocycles. The van der Waals surface area contributed by atoms with E-state index < -0.39 is 4.92 Å². The van der Waals surface area contributed by atoms with Gasteiger partial charge in [-0.25, -0.2) is 0 Å². The molecule has 0 atom stereocenters. The van der Waals surface area contributed by atoms with Gasteiger partial charge in [0.15, 0.2) is 5.75 Å². The molecule has 2 rings (SSSR count). The molecule has 0 heterocycles. The summed E-state index contributed by atoms with van der Waals surface area (Å²) >= 11 is 1.42. The van der Waals surface area contributed by atoms with Crippen molar-refractivity contribution in [2.75, 3.05) is 19.4 Å². The summed E-state index contributed by atoms with van der Waals surface area (Å²) in [6, 6.07) is 4.84. The highest BCUT2D eigenvalue weighted by Crippen LogP contribution is 2.30. The number of nitro benzene ring substituents is 1. The summed E-state index contributed by atoms with van der Waals surface area (Å²) in [5.74, 6) is 1.03. The van der Waals surface area contributed by atoms with Gasteiger partial charge in [0.2, 0.25) is 5.91 Å². The zero-order valence-electron chi connectivity index (χ0n) is 14.2. The van der Waals surface area contributed by atoms with Crippen LogP contribution >= 0.6 is 24.2 Å². The third kappa shape index (κ3) is 5.76. The third-order valence-electron chi connectivity index (χ3n) is 4.30. The zero-order valence-corrected chi connectivity index (χ0v) is 15.8. The number of thioether (sulfide) groups is 1. The topological polar surface area (TPSA) is 107 Å². The molecule has 9 heteroatoms. The van der Waals surface area contributed by atoms with Gasteiger partial charge in [0.1, 0.15) is 0 Å². The standard InChI is InChI=1S/C16H23N3O4S.ClH/c1-23-14-5-4-12(8-13(14)19(21)22)9-24-10-15(20)18-16(11-17)6-2-3-7-16;/h4-5,8H,2-3,6-7,9-11,17H2,1H3,(H,18,20);1H. The van der Waals surface area contributed by atoms with Crippen LogP contribution in [0, 0.1) is 10.1 Å². The maximum atomic E-state index is 12.1. The average Bonchev–Trinajstić information content (AvgIpc) is 3.03. The first-order valence-corrected chi connectivity index (χ1v) is 9.05. The first-order valence-electron chi connectivity index (χ1n) is 7.90. The Morgan fingerprint density at radius 2 is 2.12 bits per heavy atom. The molecule has 140 valence electrons. The minimum atomic E-state index is -0.467. The predicted molar refractivity (Wildman–Crippen MR) is 101 cm³/mol. The number of hydrogen-bond donors (Lipinski definition) is 2. The Balaban J connectivity index is 0.00000312. The molecular formula is C16H24ClN3O4S. The summed E-state index contributed by atoms with van der Waals surface area (Å²) in [6.45, 7) is 0.466. The van der Waals surface area contributed by atoms with Gasteiger partial charge in [-0.05, 0) is 24.5 Å². The summed E-state index contributed by atoms with van der Waals surface area (Å²) in [6.07, 6.45) is 4.06. The molecule has 1 amide bonds. The number of nitrogens with two attached hydrogens (primary N) is 1. The summed E-state index contributed by atoms with van der Waals surface area (Å²) in [4.78, 5) is 22.7. The largest absolute Gasteiger partial charge is 0.490 e. The zero-order chi connectivity index (χ0) is 17.6. The van der Waals surface area contributed by atoms with E-state index in [1.807, 2.05) is 0 Å². The van der Waals surface area contributed by atoms with Gasteiger partial charge in [-0.3, -0.25) is 14.9 Å². The molecule has 0 spiro atoms. The van der Waals surface area contributed by atoms with Crippen molar-refractivity contribution in [1.29, 1.82) is 0 Å². The average molecular weight is 390 g/mol. The van der Waals surface area contributed by atoms with E-state index in [0.717, 1.165) is 31.2 Å². The molecule has 0 unspecified atom stereocenters. The van der Waals surface area contributed by atoms with Crippen LogP contribution in [0.5, 0.6) is 5.75 Å². The Hall–Kier alpha value is -1.51. The quantitative estimate of drug-likeness (QED) is 0.522. The number of amides is 1. The van der Waals surface area contributed by atoms with Crippen molar-refractivity contribution in [3.8, 4) is 5.75 Å². The number of rotatable bonds is 8. The van der Waals surface area contributed by atoms with Gasteiger partial charge in [0, 0.05) is 18.4 Å². The lowest BCUT2D eigenvalue weighted by Gasteiger charge is -2.28. The van der Waals surface area contributed by atoms with Crippen LogP contribution in [0.4, 0.5) is 5.69 Å². The number of methoxy groups -OCH3 is 1. The molecule has 25 heavy (non-hydrogen) atoms. The van der Waals surface area contributed by atoms with Crippen LogP contribution in [0.2, 0.25) is 0 Å². The van der Waals surface area contributed by atoms with Gasteiger partial charge in [-0.1, -0.05) is 18.9 Å². The lowest BCUT2D eigenvalue weighted by atomic mass is 9.98. The van der Waals surface area contributed by atoms with Crippen molar-refractivity contribution in [3.05, 3.63) is 33.9 Å². The fraction of sp³-hybridized carbons (Fsp3) is 0.562. The van der Waals surface area contributed by atoms with E-state index in [9.17, 15) is 14.9 Å². The van der Waals surface area contributed by atoms with E-state index in [4.69, 9.17) is 10.5 Å². The molecule has 0 saturated heterocycles. The third-order valence-corrected chi connectivity index (χ3v) is 5.30. The molecule has 1 aromatic rings. The Morgan fingerprint density at radius 3 is 2.68 bits per heavy atom. The number of carbonyl (C=O) groups is 1. The van der Waals surface area contributed by atoms with Crippen molar-refractivity contribution in [2.45, 2.75) is 37.0 Å². The SMILES string of the molecule is COc1ccc(CSCC(=O)NC2(CN)CCCC2)cc1[N+](=O)[O-].Cl. The summed E-state index contributed by atoms with van der Waals surface area (Å²) in [7, 11) is 1.40. The van der Waals surface area contributed by atoms with Gasteiger partial charge in [-0.15, -0.1) is 24.2 Å². The fourth-order valence-electron chi connectivity index (χ4n) is 2.99. The van der Waals surface area contributed by atoms with Crippen LogP contribution in [-0.2, 0) is 10.5 Å². The van der Waals surface area contributed by atoms with Gasteiger partial charge >= 0.3 is 5.69 Å². The van der Waals surface area contributed by atoms with Gasteiger partial charge in [0.25, 0.3) is 0 Å². The van der Waals surface area contributed by atoms with E-state index in [1.54, 1.807) is 12.1 Å². The van der Waals surface area contributed by atoms with Crippen LogP contribution in [0.3, 0.4) is 0 Å². The fourth-order valence-corrected chi connectivity index (χ4v) is 3.77. The van der Waals surface area contributed by atoms with E-state index in [0.29, 0.717) is 18.1 Å². The summed E-state index contributed by atoms with van der Waals surface area (Å²) in [5, 5.41) is 14.1. The number of ether oxygens (including phenoxy) is 1. The minimum Gasteiger partial charge on any atom is -0.490 e. The highest BCUT2D eigenvalue weighted by molar-refractivity contribution is 7.99. The maximum absolute atomic E-state index is 12.1. The molecule has 0 aliphatic heterocycles.